The maximum atomic E-state index is 5.97. The maximum absolute atomic E-state index is 5.97. The minimum Gasteiger partial charge on any atom is -0.381 e. The van der Waals surface area contributed by atoms with Gasteiger partial charge in [0, 0.05) is 21.2 Å². The highest BCUT2D eigenvalue weighted by atomic mass is 79.9. The first-order valence-corrected chi connectivity index (χ1v) is 7.46. The first-order chi connectivity index (χ1) is 8.54. The van der Waals surface area contributed by atoms with Gasteiger partial charge < -0.3 is 5.32 Å². The topological polar surface area (TPSA) is 12.0 Å². The second kappa shape index (κ2) is 6.09. The Morgan fingerprint density at radius 2 is 1.89 bits per heavy atom. The van der Waals surface area contributed by atoms with Crippen molar-refractivity contribution in [2.75, 3.05) is 5.32 Å². The highest BCUT2D eigenvalue weighted by molar-refractivity contribution is 9.10. The van der Waals surface area contributed by atoms with Crippen molar-refractivity contribution in [2.45, 2.75) is 13.5 Å². The number of aryl methyl sites for hydroxylation is 1. The molecule has 0 aliphatic rings. The third-order valence-electron chi connectivity index (χ3n) is 2.52. The summed E-state index contributed by atoms with van der Waals surface area (Å²) in [6.07, 6.45) is 0. The van der Waals surface area contributed by atoms with Gasteiger partial charge in [-0.05, 0) is 64.3 Å². The molecule has 2 aromatic carbocycles. The number of benzene rings is 2. The highest BCUT2D eigenvalue weighted by Gasteiger charge is 2.00. The van der Waals surface area contributed by atoms with E-state index in [0.717, 1.165) is 26.2 Å². The molecule has 18 heavy (non-hydrogen) atoms. The quantitative estimate of drug-likeness (QED) is 0.701. The molecule has 1 N–H and O–H groups in total. The summed E-state index contributed by atoms with van der Waals surface area (Å²) in [6.45, 7) is 2.85. The van der Waals surface area contributed by atoms with E-state index in [4.69, 9.17) is 11.6 Å². The average molecular weight is 390 g/mol. The molecule has 4 heteroatoms. The number of halogens is 3. The summed E-state index contributed by atoms with van der Waals surface area (Å²) in [5, 5.41) is 4.13. The molecule has 0 saturated carbocycles. The highest BCUT2D eigenvalue weighted by Crippen LogP contribution is 2.24. The standard InChI is InChI=1S/C14H12Br2ClN/c1-9-4-11(15)7-12(5-9)18-8-10-2-3-14(17)13(16)6-10/h2-7,18H,8H2,1H3. The predicted molar refractivity (Wildman–Crippen MR) is 85.4 cm³/mol. The van der Waals surface area contributed by atoms with Crippen molar-refractivity contribution >= 4 is 49.1 Å². The fourth-order valence-corrected chi connectivity index (χ4v) is 2.84. The lowest BCUT2D eigenvalue weighted by Crippen LogP contribution is -1.99. The second-order valence-electron chi connectivity index (χ2n) is 4.12. The molecule has 0 aliphatic carbocycles. The van der Waals surface area contributed by atoms with Crippen molar-refractivity contribution in [1.82, 2.24) is 0 Å². The van der Waals surface area contributed by atoms with Gasteiger partial charge in [-0.2, -0.15) is 0 Å². The molecule has 2 rings (SSSR count). The first kappa shape index (κ1) is 13.9. The Balaban J connectivity index is 2.08. The van der Waals surface area contributed by atoms with Crippen LogP contribution in [0.2, 0.25) is 5.02 Å². The lowest BCUT2D eigenvalue weighted by molar-refractivity contribution is 1.14. The van der Waals surface area contributed by atoms with Gasteiger partial charge in [-0.15, -0.1) is 0 Å². The van der Waals surface area contributed by atoms with Crippen LogP contribution in [0.25, 0.3) is 0 Å². The van der Waals surface area contributed by atoms with Crippen molar-refractivity contribution in [3.05, 3.63) is 61.5 Å². The van der Waals surface area contributed by atoms with Gasteiger partial charge in [-0.1, -0.05) is 33.6 Å². The van der Waals surface area contributed by atoms with E-state index in [-0.39, 0.29) is 0 Å². The summed E-state index contributed by atoms with van der Waals surface area (Å²) in [7, 11) is 0. The lowest BCUT2D eigenvalue weighted by atomic mass is 10.2. The number of nitrogens with one attached hydrogen (secondary N) is 1. The van der Waals surface area contributed by atoms with Crippen LogP contribution in [-0.4, -0.2) is 0 Å². The largest absolute Gasteiger partial charge is 0.381 e. The fraction of sp³-hybridized carbons (Fsp3) is 0.143. The molecule has 0 bridgehead atoms. The number of rotatable bonds is 3. The number of hydrogen-bond acceptors (Lipinski definition) is 1. The van der Waals surface area contributed by atoms with Crippen LogP contribution in [0.5, 0.6) is 0 Å². The molecular formula is C14H12Br2ClN. The molecule has 0 radical (unpaired) electrons. The molecule has 0 aromatic heterocycles. The summed E-state index contributed by atoms with van der Waals surface area (Å²) in [6, 6.07) is 12.2. The van der Waals surface area contributed by atoms with Crippen LogP contribution in [0.1, 0.15) is 11.1 Å². The van der Waals surface area contributed by atoms with Crippen molar-refractivity contribution in [3.8, 4) is 0 Å². The van der Waals surface area contributed by atoms with E-state index >= 15 is 0 Å². The van der Waals surface area contributed by atoms with Crippen LogP contribution in [0.15, 0.2) is 45.3 Å². The van der Waals surface area contributed by atoms with Gasteiger partial charge in [-0.3, -0.25) is 0 Å². The van der Waals surface area contributed by atoms with Gasteiger partial charge in [0.05, 0.1) is 5.02 Å². The number of hydrogen-bond donors (Lipinski definition) is 1. The van der Waals surface area contributed by atoms with E-state index in [2.05, 4.69) is 62.3 Å². The van der Waals surface area contributed by atoms with E-state index in [0.29, 0.717) is 0 Å². The molecule has 0 heterocycles. The molecule has 0 atom stereocenters. The maximum Gasteiger partial charge on any atom is 0.0548 e. The molecule has 2 aromatic rings. The van der Waals surface area contributed by atoms with E-state index in [1.54, 1.807) is 0 Å². The molecule has 0 spiro atoms. The van der Waals surface area contributed by atoms with Gasteiger partial charge in [0.15, 0.2) is 0 Å². The molecule has 0 aliphatic heterocycles. The lowest BCUT2D eigenvalue weighted by Gasteiger charge is -2.09. The Hall–Kier alpha value is -0.510. The first-order valence-electron chi connectivity index (χ1n) is 5.49. The predicted octanol–water partition coefficient (Wildman–Crippen LogP) is 5.79. The van der Waals surface area contributed by atoms with Crippen LogP contribution in [0, 0.1) is 6.92 Å². The zero-order valence-electron chi connectivity index (χ0n) is 9.81. The van der Waals surface area contributed by atoms with Crippen molar-refractivity contribution in [1.29, 1.82) is 0 Å². The van der Waals surface area contributed by atoms with Gasteiger partial charge in [0.2, 0.25) is 0 Å². The van der Waals surface area contributed by atoms with Crippen molar-refractivity contribution in [3.63, 3.8) is 0 Å². The van der Waals surface area contributed by atoms with Crippen LogP contribution in [0.3, 0.4) is 0 Å². The molecule has 0 amide bonds. The Bertz CT molecular complexity index is 549. The monoisotopic (exact) mass is 387 g/mol. The third kappa shape index (κ3) is 3.74. The van der Waals surface area contributed by atoms with E-state index in [1.807, 2.05) is 18.2 Å². The average Bonchev–Trinajstić information content (AvgIpc) is 2.29. The van der Waals surface area contributed by atoms with Crippen LogP contribution in [-0.2, 0) is 6.54 Å². The third-order valence-corrected chi connectivity index (χ3v) is 4.19. The molecule has 94 valence electrons. The van der Waals surface area contributed by atoms with Gasteiger partial charge in [0.25, 0.3) is 0 Å². The smallest absolute Gasteiger partial charge is 0.0548 e. The summed E-state index contributed by atoms with van der Waals surface area (Å²) >= 11 is 12.9. The Morgan fingerprint density at radius 3 is 2.56 bits per heavy atom. The second-order valence-corrected chi connectivity index (χ2v) is 6.30. The van der Waals surface area contributed by atoms with Crippen LogP contribution < -0.4 is 5.32 Å². The van der Waals surface area contributed by atoms with Crippen molar-refractivity contribution in [2.24, 2.45) is 0 Å². The summed E-state index contributed by atoms with van der Waals surface area (Å²) < 4.78 is 2.01. The Kier molecular flexibility index (Phi) is 4.71. The van der Waals surface area contributed by atoms with Crippen LogP contribution in [0.4, 0.5) is 5.69 Å². The van der Waals surface area contributed by atoms with Gasteiger partial charge in [-0.25, -0.2) is 0 Å². The number of anilines is 1. The molecule has 1 nitrogen and oxygen atoms in total. The van der Waals surface area contributed by atoms with Gasteiger partial charge >= 0.3 is 0 Å². The Labute approximate surface area is 129 Å². The SMILES string of the molecule is Cc1cc(Br)cc(NCc2ccc(Cl)c(Br)c2)c1. The zero-order valence-corrected chi connectivity index (χ0v) is 13.7. The van der Waals surface area contributed by atoms with E-state index < -0.39 is 0 Å². The molecule has 0 saturated heterocycles. The summed E-state index contributed by atoms with van der Waals surface area (Å²) in [5.41, 5.74) is 3.51. The molecule has 0 unspecified atom stereocenters. The van der Waals surface area contributed by atoms with E-state index in [1.165, 1.54) is 11.1 Å². The Morgan fingerprint density at radius 1 is 1.11 bits per heavy atom. The fourth-order valence-electron chi connectivity index (χ4n) is 1.69. The van der Waals surface area contributed by atoms with Gasteiger partial charge in [0.1, 0.15) is 0 Å². The van der Waals surface area contributed by atoms with E-state index in [9.17, 15) is 0 Å². The minimum absolute atomic E-state index is 0.733. The summed E-state index contributed by atoms with van der Waals surface area (Å²) in [5.74, 6) is 0. The van der Waals surface area contributed by atoms with Crippen molar-refractivity contribution < 1.29 is 0 Å². The minimum atomic E-state index is 0.733. The zero-order chi connectivity index (χ0) is 13.1. The molecule has 0 fully saturated rings. The van der Waals surface area contributed by atoms with Crippen LogP contribution >= 0.6 is 43.5 Å². The molecular weight excluding hydrogens is 377 g/mol. The normalized spacial score (nSPS) is 10.4. The summed E-state index contributed by atoms with van der Waals surface area (Å²) in [4.78, 5) is 0.